The van der Waals surface area contributed by atoms with Gasteiger partial charge in [-0.15, -0.1) is 0 Å². The number of phenolic OH excluding ortho intramolecular Hbond substituents is 2. The Morgan fingerprint density at radius 2 is 1.10 bits per heavy atom. The molecule has 4 amide bonds. The van der Waals surface area contributed by atoms with Gasteiger partial charge in [-0.05, 0) is 108 Å². The van der Waals surface area contributed by atoms with E-state index in [9.17, 15) is 71.1 Å². The van der Waals surface area contributed by atoms with Gasteiger partial charge in [0.15, 0.2) is 5.54 Å². The summed E-state index contributed by atoms with van der Waals surface area (Å²) in [6.45, 7) is 14.6. The number of phenols is 3. The molecule has 0 aromatic heterocycles. The fourth-order valence-corrected chi connectivity index (χ4v) is 11.9. The molecule has 0 radical (unpaired) electrons. The van der Waals surface area contributed by atoms with Gasteiger partial charge in [-0.2, -0.15) is 8.42 Å². The lowest BCUT2D eigenvalue weighted by Gasteiger charge is -2.35. The number of ether oxygens (including phenoxy) is 7. The van der Waals surface area contributed by atoms with Gasteiger partial charge in [0.1, 0.15) is 63.4 Å². The van der Waals surface area contributed by atoms with Crippen molar-refractivity contribution in [2.75, 3.05) is 47.1 Å². The Hall–Kier alpha value is -13.5. The third-order valence-electron chi connectivity index (χ3n) is 18.3. The van der Waals surface area contributed by atoms with Crippen LogP contribution in [0.1, 0.15) is 154 Å². The first-order valence-corrected chi connectivity index (χ1v) is 39.2. The zero-order valence-electron chi connectivity index (χ0n) is 69.7. The second kappa shape index (κ2) is 45.9. The number of methoxy groups -OCH3 is 2. The van der Waals surface area contributed by atoms with E-state index in [1.54, 1.807) is 112 Å². The van der Waals surface area contributed by atoms with E-state index in [0.717, 1.165) is 40.1 Å². The Balaban J connectivity index is 0.000000261. The number of nitrogens with zero attached hydrogens (tertiary/aromatic N) is 3. The molecule has 0 aliphatic carbocycles. The molecule has 5 aliphatic heterocycles. The van der Waals surface area contributed by atoms with Gasteiger partial charge in [0.2, 0.25) is 24.7 Å². The molecule has 5 heterocycles. The van der Waals surface area contributed by atoms with Crippen LogP contribution < -0.4 is 33.4 Å². The van der Waals surface area contributed by atoms with Crippen molar-refractivity contribution in [2.24, 2.45) is 34.6 Å². The lowest BCUT2D eigenvalue weighted by molar-refractivity contribution is -0.146. The first-order chi connectivity index (χ1) is 58.3. The van der Waals surface area contributed by atoms with E-state index in [1.165, 1.54) is 88.1 Å². The number of aromatic carboxylic acids is 1. The number of fused-ring (bicyclic) bond motifs is 2. The number of rotatable bonds is 18. The topological polar surface area (TPSA) is 574 Å². The van der Waals surface area contributed by atoms with Gasteiger partial charge in [0.25, 0.3) is 27.8 Å². The first-order valence-electron chi connectivity index (χ1n) is 37.8. The number of carbonyl (C=O) groups is 12. The van der Waals surface area contributed by atoms with Gasteiger partial charge in [-0.3, -0.25) is 57.2 Å². The lowest BCUT2D eigenvalue weighted by Crippen LogP contribution is -2.57. The number of amides is 4. The molecule has 8 aromatic rings. The fourth-order valence-electron chi connectivity index (χ4n) is 11.0. The summed E-state index contributed by atoms with van der Waals surface area (Å²) in [5.74, 6) is -7.83. The maximum atomic E-state index is 13.7. The van der Waals surface area contributed by atoms with Crippen LogP contribution in [0, 0.1) is 12.8 Å². The predicted octanol–water partition coefficient (Wildman–Crippen LogP) is 7.66. The number of benzene rings is 8. The summed E-state index contributed by atoms with van der Waals surface area (Å²) in [4.78, 5) is 142. The fraction of sp³-hybridized carbons (Fsp3) is 0.310. The molecule has 37 heteroatoms. The van der Waals surface area contributed by atoms with Crippen LogP contribution in [-0.4, -0.2) is 207 Å². The number of nitrogens with two attached hydrogens (primary N) is 5. The number of aromatic hydroxyl groups is 3. The van der Waals surface area contributed by atoms with Crippen LogP contribution in [-0.2, 0) is 76.3 Å². The normalized spacial score (nSPS) is 19.0. The van der Waals surface area contributed by atoms with Crippen LogP contribution in [0.4, 0.5) is 0 Å². The number of aryl methyl sites for hydroxylation is 1. The van der Waals surface area contributed by atoms with Crippen molar-refractivity contribution < 1.29 is 134 Å². The highest BCUT2D eigenvalue weighted by Crippen LogP contribution is 2.42. The zero-order chi connectivity index (χ0) is 92.8. The Morgan fingerprint density at radius 1 is 0.613 bits per heavy atom. The van der Waals surface area contributed by atoms with Gasteiger partial charge in [0, 0.05) is 69.3 Å². The average molecular weight is 1740 g/mol. The number of hydrogen-bond acceptors (Lipinski definition) is 30. The summed E-state index contributed by atoms with van der Waals surface area (Å²) in [7, 11) is -0.860. The summed E-state index contributed by atoms with van der Waals surface area (Å²) in [5.41, 5.74) is 26.2. The van der Waals surface area contributed by atoms with Gasteiger partial charge >= 0.3 is 47.8 Å². The van der Waals surface area contributed by atoms with Crippen molar-refractivity contribution in [1.29, 1.82) is 0 Å². The van der Waals surface area contributed by atoms with Crippen LogP contribution in [0.3, 0.4) is 0 Å². The van der Waals surface area contributed by atoms with E-state index in [-0.39, 0.29) is 89.9 Å². The number of aliphatic carboxylic acids is 2. The highest BCUT2D eigenvalue weighted by molar-refractivity contribution is 7.86. The Labute approximate surface area is 715 Å². The van der Waals surface area contributed by atoms with Crippen LogP contribution in [0.2, 0.25) is 0 Å². The molecule has 5 aliphatic rings. The van der Waals surface area contributed by atoms with Crippen LogP contribution in [0.5, 0.6) is 23.0 Å². The van der Waals surface area contributed by atoms with E-state index >= 15 is 0 Å². The van der Waals surface area contributed by atoms with Gasteiger partial charge < -0.3 is 92.5 Å². The smallest absolute Gasteiger partial charge is 0.345 e. The van der Waals surface area contributed by atoms with Gasteiger partial charge in [-0.1, -0.05) is 146 Å². The van der Waals surface area contributed by atoms with Crippen LogP contribution in [0.15, 0.2) is 211 Å². The lowest BCUT2D eigenvalue weighted by atomic mass is 9.97. The molecular weight excluding hydrogens is 1640 g/mol. The SMILES string of the molecule is CC(N)(CN)C(=O)O.CC(N)C(=O)O.CC1(C)OC(=O)c2ccc(O)cc2O1.CC1(CN2C(=O)c3ccccc3C2=O)C(=O)OC(c2ccccc2)N1C(=O)c1ccccc1.CC1C(=O)OC(c2ccccc2)N1C=O.CC1CC(c2ccccc2)OC1=O.COC(=O)C(C)(N)CN.COCCOS(=O)(=O)c1ccc(C)cc1.O=C(O)c1ccc(O)cc1O. The van der Waals surface area contributed by atoms with Crippen molar-refractivity contribution in [3.63, 3.8) is 0 Å². The van der Waals surface area contributed by atoms with E-state index < -0.39 is 116 Å². The molecule has 0 bridgehead atoms. The number of carbonyl (C=O) groups excluding carboxylic acids is 9. The molecule has 124 heavy (non-hydrogen) atoms. The number of carboxylic acid groups (broad SMARTS) is 3. The second-order valence-corrected chi connectivity index (χ2v) is 30.6. The molecule has 3 fully saturated rings. The second-order valence-electron chi connectivity index (χ2n) is 29.0. The minimum atomic E-state index is -3.63. The highest BCUT2D eigenvalue weighted by atomic mass is 32.2. The maximum absolute atomic E-state index is 13.7. The van der Waals surface area contributed by atoms with Crippen LogP contribution in [0.25, 0.3) is 0 Å². The molecule has 0 spiro atoms. The van der Waals surface area contributed by atoms with Crippen LogP contribution >= 0.6 is 0 Å². The van der Waals surface area contributed by atoms with Gasteiger partial charge in [-0.25, -0.2) is 19.2 Å². The summed E-state index contributed by atoms with van der Waals surface area (Å²) in [6.07, 6.45) is -0.141. The highest BCUT2D eigenvalue weighted by Gasteiger charge is 2.58. The number of esters is 5. The van der Waals surface area contributed by atoms with E-state index in [2.05, 4.69) is 4.74 Å². The van der Waals surface area contributed by atoms with Crippen molar-refractivity contribution in [3.8, 4) is 23.0 Å². The average Bonchev–Trinajstić information content (AvgIpc) is 1.58. The monoisotopic (exact) mass is 1740 g/mol. The quantitative estimate of drug-likeness (QED) is 0.00980. The number of cyclic esters (lactones) is 4. The molecule has 16 N–H and O–H groups in total. The van der Waals surface area contributed by atoms with Crippen molar-refractivity contribution in [2.45, 2.75) is 127 Å². The van der Waals surface area contributed by atoms with Crippen molar-refractivity contribution in [3.05, 3.63) is 256 Å². The minimum absolute atomic E-state index is 0.0244. The third kappa shape index (κ3) is 28.3. The predicted molar refractivity (Wildman–Crippen MR) is 445 cm³/mol. The molecule has 3 saturated heterocycles. The van der Waals surface area contributed by atoms with Crippen molar-refractivity contribution in [1.82, 2.24) is 14.7 Å². The number of carboxylic acids is 3. The molecule has 664 valence electrons. The Morgan fingerprint density at radius 3 is 1.53 bits per heavy atom. The van der Waals surface area contributed by atoms with E-state index in [0.29, 0.717) is 28.8 Å². The third-order valence-corrected chi connectivity index (χ3v) is 19.6. The number of imide groups is 1. The standard InChI is InChI=1S/C26H20N2O5.C11H11NO3.C11H12O2.C10H14O4S.C10H10O4.C7H6O4.C5H12N2O2.C4H10N2O2.C3H7NO2/c1-26(16-27-22(30)19-14-8-9-15-20(19)23(27)31)25(32)33-24(18-12-6-3-7-13-18)28(26)21(29)17-10-4-2-5-11-17;1-8-11(14)15-10(12(8)7-13)9-5-3-2-4-6-9;1-8-7-10(13-11(8)12)9-5-3-2-4-6-9;1-9-3-5-10(6-4-9)15(11,12)14-8-7-13-2;1-10(2)13-8-5-6(11)3-4-7(8)9(12)14-10;8-4-1-2-5(7(10)11)6(9)3-4;1-5(7,3-6)4(8)9-2;1-4(6,2-5)3(7)8;1-2(4)3(5)6/h2-15,24H,16H2,1H3;2-8,10H,1H3;2-6,8,10H,7H2,1H3;3-6H,7-8H2,1-2H3;3-5,11H,1-2H3;1-3,8-9H,(H,10,11);3,6-7H2,1-2H3;2,5-6H2,1H3,(H,7,8);2H,4H2,1H3,(H,5,6). The minimum Gasteiger partial charge on any atom is -0.508 e. The molecule has 9 atom stereocenters. The summed E-state index contributed by atoms with van der Waals surface area (Å²) in [5, 5.41) is 51.4. The largest absolute Gasteiger partial charge is 0.508 e. The van der Waals surface area contributed by atoms with Crippen molar-refractivity contribution >= 4 is 82.0 Å². The Bertz CT molecular complexity index is 5090. The maximum Gasteiger partial charge on any atom is 0.345 e. The summed E-state index contributed by atoms with van der Waals surface area (Å²) < 4.78 is 63.3. The Kier molecular flexibility index (Phi) is 37.4. The summed E-state index contributed by atoms with van der Waals surface area (Å²) >= 11 is 0. The molecule has 8 aromatic carbocycles. The summed E-state index contributed by atoms with van der Waals surface area (Å²) in [6, 6.07) is 55.9. The van der Waals surface area contributed by atoms with E-state index in [1.807, 2.05) is 80.6 Å². The number of hydrogen-bond donors (Lipinski definition) is 11. The molecule has 0 saturated carbocycles. The molecule has 36 nitrogen and oxygen atoms in total. The molecule has 13 rings (SSSR count). The molecular formula is C87H102N8O28S. The molecule has 9 unspecified atom stereocenters. The van der Waals surface area contributed by atoms with Gasteiger partial charge in [0.05, 0.1) is 48.8 Å². The first kappa shape index (κ1) is 101. The zero-order valence-corrected chi connectivity index (χ0v) is 70.5. The van der Waals surface area contributed by atoms with E-state index in [4.69, 9.17) is 86.8 Å².